The Hall–Kier alpha value is -1.35. The standard InChI is InChI=1S/C15H20N2O/c1-10-17-14-7-6-12(8-15(14)18-10)13(9-16)11-4-2-3-5-11/h6-8,11,13H,2-5,9,16H2,1H3. The van der Waals surface area contributed by atoms with Crippen LogP contribution in [-0.4, -0.2) is 11.5 Å². The van der Waals surface area contributed by atoms with Crippen molar-refractivity contribution in [1.82, 2.24) is 4.98 Å². The molecule has 0 saturated heterocycles. The lowest BCUT2D eigenvalue weighted by atomic mass is 9.85. The number of nitrogens with zero attached hydrogens (tertiary/aromatic N) is 1. The fourth-order valence-electron chi connectivity index (χ4n) is 3.25. The summed E-state index contributed by atoms with van der Waals surface area (Å²) in [5, 5.41) is 0. The van der Waals surface area contributed by atoms with Gasteiger partial charge in [-0.3, -0.25) is 0 Å². The van der Waals surface area contributed by atoms with Gasteiger partial charge in [-0.15, -0.1) is 0 Å². The molecule has 1 aliphatic carbocycles. The molecule has 1 saturated carbocycles. The molecule has 0 radical (unpaired) electrons. The summed E-state index contributed by atoms with van der Waals surface area (Å²) < 4.78 is 5.61. The Kier molecular flexibility index (Phi) is 3.08. The molecule has 1 aliphatic rings. The maximum Gasteiger partial charge on any atom is 0.192 e. The van der Waals surface area contributed by atoms with E-state index in [-0.39, 0.29) is 0 Å². The van der Waals surface area contributed by atoms with E-state index >= 15 is 0 Å². The van der Waals surface area contributed by atoms with Crippen molar-refractivity contribution in [3.63, 3.8) is 0 Å². The summed E-state index contributed by atoms with van der Waals surface area (Å²) in [5.74, 6) is 1.95. The molecule has 1 fully saturated rings. The average molecular weight is 244 g/mol. The molecule has 3 heteroatoms. The normalized spacial score (nSPS) is 18.6. The van der Waals surface area contributed by atoms with Crippen LogP contribution in [0.1, 0.15) is 43.1 Å². The summed E-state index contributed by atoms with van der Waals surface area (Å²) in [7, 11) is 0. The molecule has 2 aromatic rings. The Morgan fingerprint density at radius 3 is 2.89 bits per heavy atom. The highest BCUT2D eigenvalue weighted by molar-refractivity contribution is 5.73. The Morgan fingerprint density at radius 1 is 1.39 bits per heavy atom. The van der Waals surface area contributed by atoms with Gasteiger partial charge in [-0.1, -0.05) is 18.9 Å². The van der Waals surface area contributed by atoms with Gasteiger partial charge in [0.25, 0.3) is 0 Å². The monoisotopic (exact) mass is 244 g/mol. The van der Waals surface area contributed by atoms with Gasteiger partial charge in [-0.25, -0.2) is 4.98 Å². The molecule has 1 atom stereocenters. The van der Waals surface area contributed by atoms with Crippen LogP contribution < -0.4 is 5.73 Å². The minimum Gasteiger partial charge on any atom is -0.441 e. The van der Waals surface area contributed by atoms with Crippen molar-refractivity contribution in [2.45, 2.75) is 38.5 Å². The van der Waals surface area contributed by atoms with Gasteiger partial charge in [0.1, 0.15) is 5.52 Å². The summed E-state index contributed by atoms with van der Waals surface area (Å²) in [4.78, 5) is 4.34. The second-order valence-electron chi connectivity index (χ2n) is 5.35. The van der Waals surface area contributed by atoms with Crippen LogP contribution in [0.25, 0.3) is 11.1 Å². The van der Waals surface area contributed by atoms with Gasteiger partial charge < -0.3 is 10.2 Å². The van der Waals surface area contributed by atoms with Crippen molar-refractivity contribution < 1.29 is 4.42 Å². The highest BCUT2D eigenvalue weighted by atomic mass is 16.3. The molecule has 0 bridgehead atoms. The number of oxazole rings is 1. The van der Waals surface area contributed by atoms with E-state index in [0.717, 1.165) is 29.5 Å². The van der Waals surface area contributed by atoms with Crippen molar-refractivity contribution in [2.75, 3.05) is 6.54 Å². The minimum absolute atomic E-state index is 0.474. The fraction of sp³-hybridized carbons (Fsp3) is 0.533. The topological polar surface area (TPSA) is 52.0 Å². The van der Waals surface area contributed by atoms with Crippen molar-refractivity contribution >= 4 is 11.1 Å². The molecule has 3 rings (SSSR count). The first-order chi connectivity index (χ1) is 8.78. The van der Waals surface area contributed by atoms with Gasteiger partial charge in [-0.05, 0) is 48.9 Å². The first-order valence-electron chi connectivity index (χ1n) is 6.85. The van der Waals surface area contributed by atoms with E-state index in [2.05, 4.69) is 23.2 Å². The number of benzene rings is 1. The SMILES string of the molecule is Cc1nc2ccc(C(CN)C3CCCC3)cc2o1. The Bertz CT molecular complexity index is 540. The zero-order valence-electron chi connectivity index (χ0n) is 10.9. The minimum atomic E-state index is 0.474. The number of rotatable bonds is 3. The number of aromatic nitrogens is 1. The molecule has 1 aromatic heterocycles. The molecular weight excluding hydrogens is 224 g/mol. The van der Waals surface area contributed by atoms with Crippen molar-refractivity contribution in [3.8, 4) is 0 Å². The van der Waals surface area contributed by atoms with Gasteiger partial charge >= 0.3 is 0 Å². The Labute approximate surface area is 107 Å². The largest absolute Gasteiger partial charge is 0.441 e. The summed E-state index contributed by atoms with van der Waals surface area (Å²) in [6.45, 7) is 2.61. The third-order valence-electron chi connectivity index (χ3n) is 4.17. The number of fused-ring (bicyclic) bond motifs is 1. The summed E-state index contributed by atoms with van der Waals surface area (Å²) in [6.07, 6.45) is 5.33. The lowest BCUT2D eigenvalue weighted by Crippen LogP contribution is -2.19. The van der Waals surface area contributed by atoms with Crippen LogP contribution in [0.15, 0.2) is 22.6 Å². The molecule has 0 amide bonds. The second-order valence-corrected chi connectivity index (χ2v) is 5.35. The Morgan fingerprint density at radius 2 is 2.17 bits per heavy atom. The molecule has 18 heavy (non-hydrogen) atoms. The lowest BCUT2D eigenvalue weighted by Gasteiger charge is -2.22. The molecule has 3 nitrogen and oxygen atoms in total. The van der Waals surface area contributed by atoms with Crippen LogP contribution >= 0.6 is 0 Å². The fourth-order valence-corrected chi connectivity index (χ4v) is 3.25. The molecule has 1 unspecified atom stereocenters. The first-order valence-corrected chi connectivity index (χ1v) is 6.85. The number of hydrogen-bond acceptors (Lipinski definition) is 3. The number of hydrogen-bond donors (Lipinski definition) is 1. The van der Waals surface area contributed by atoms with Crippen LogP contribution in [0.5, 0.6) is 0 Å². The highest BCUT2D eigenvalue weighted by Crippen LogP contribution is 2.37. The van der Waals surface area contributed by atoms with Crippen LogP contribution in [0.4, 0.5) is 0 Å². The quantitative estimate of drug-likeness (QED) is 0.900. The number of nitrogens with two attached hydrogens (primary N) is 1. The van der Waals surface area contributed by atoms with Gasteiger partial charge in [0.05, 0.1) is 0 Å². The van der Waals surface area contributed by atoms with E-state index in [0.29, 0.717) is 5.92 Å². The second kappa shape index (κ2) is 4.73. The maximum absolute atomic E-state index is 5.99. The van der Waals surface area contributed by atoms with Crippen LogP contribution in [0.2, 0.25) is 0 Å². The molecule has 1 aromatic carbocycles. The van der Waals surface area contributed by atoms with Crippen molar-refractivity contribution in [3.05, 3.63) is 29.7 Å². The van der Waals surface area contributed by atoms with Crippen LogP contribution in [0.3, 0.4) is 0 Å². The molecule has 2 N–H and O–H groups in total. The predicted molar refractivity (Wildman–Crippen MR) is 72.5 cm³/mol. The predicted octanol–water partition coefficient (Wildman–Crippen LogP) is 3.37. The Balaban J connectivity index is 1.95. The third kappa shape index (κ3) is 2.03. The van der Waals surface area contributed by atoms with Crippen molar-refractivity contribution in [1.29, 1.82) is 0 Å². The molecule has 0 spiro atoms. The van der Waals surface area contributed by atoms with E-state index in [1.807, 2.05) is 6.92 Å². The van der Waals surface area contributed by atoms with Gasteiger partial charge in [0.2, 0.25) is 0 Å². The van der Waals surface area contributed by atoms with Crippen LogP contribution in [-0.2, 0) is 0 Å². The van der Waals surface area contributed by atoms with E-state index in [9.17, 15) is 0 Å². The summed E-state index contributed by atoms with van der Waals surface area (Å²) in [6, 6.07) is 6.35. The van der Waals surface area contributed by atoms with Gasteiger partial charge in [0.15, 0.2) is 11.5 Å². The number of aryl methyl sites for hydroxylation is 1. The smallest absolute Gasteiger partial charge is 0.192 e. The van der Waals surface area contributed by atoms with E-state index in [1.54, 1.807) is 0 Å². The average Bonchev–Trinajstić information content (AvgIpc) is 2.97. The molecular formula is C15H20N2O. The highest BCUT2D eigenvalue weighted by Gasteiger charge is 2.25. The third-order valence-corrected chi connectivity index (χ3v) is 4.17. The molecule has 0 aliphatic heterocycles. The van der Waals surface area contributed by atoms with Gasteiger partial charge in [-0.2, -0.15) is 0 Å². The van der Waals surface area contributed by atoms with E-state index in [1.165, 1.54) is 31.2 Å². The maximum atomic E-state index is 5.99. The zero-order chi connectivity index (χ0) is 12.5. The molecule has 1 heterocycles. The van der Waals surface area contributed by atoms with Crippen LogP contribution in [0, 0.1) is 12.8 Å². The summed E-state index contributed by atoms with van der Waals surface area (Å²) in [5.41, 5.74) is 9.13. The van der Waals surface area contributed by atoms with Gasteiger partial charge in [0, 0.05) is 6.92 Å². The lowest BCUT2D eigenvalue weighted by molar-refractivity contribution is 0.440. The molecule has 96 valence electrons. The summed E-state index contributed by atoms with van der Waals surface area (Å²) >= 11 is 0. The van der Waals surface area contributed by atoms with E-state index in [4.69, 9.17) is 10.2 Å². The van der Waals surface area contributed by atoms with Crippen molar-refractivity contribution in [2.24, 2.45) is 11.7 Å². The first kappa shape index (κ1) is 11.7. The zero-order valence-corrected chi connectivity index (χ0v) is 10.9. The van der Waals surface area contributed by atoms with E-state index < -0.39 is 0 Å².